The molecule has 3 aromatic rings. The summed E-state index contributed by atoms with van der Waals surface area (Å²) in [4.78, 5) is 13.7. The summed E-state index contributed by atoms with van der Waals surface area (Å²) >= 11 is 1.50. The van der Waals surface area contributed by atoms with Gasteiger partial charge >= 0.3 is 6.18 Å². The lowest BCUT2D eigenvalue weighted by Crippen LogP contribution is -2.26. The highest BCUT2D eigenvalue weighted by Gasteiger charge is 2.32. The highest BCUT2D eigenvalue weighted by Crippen LogP contribution is 2.36. The quantitative estimate of drug-likeness (QED) is 0.516. The molecule has 3 rings (SSSR count). The van der Waals surface area contributed by atoms with Gasteiger partial charge in [-0.05, 0) is 38.7 Å². The lowest BCUT2D eigenvalue weighted by atomic mass is 10.1. The van der Waals surface area contributed by atoms with Crippen LogP contribution in [0.4, 0.5) is 13.2 Å². The predicted octanol–water partition coefficient (Wildman–Crippen LogP) is 5.15. The molecule has 0 aromatic carbocycles. The minimum Gasteiger partial charge on any atom is -0.471 e. The average Bonchev–Trinajstić information content (AvgIpc) is 2.99. The number of fused-ring (bicyclic) bond motifs is 1. The Bertz CT molecular complexity index is 1150. The summed E-state index contributed by atoms with van der Waals surface area (Å²) in [5.41, 5.74) is -0.344. The number of hydrogen-bond donors (Lipinski definition) is 0. The van der Waals surface area contributed by atoms with Gasteiger partial charge in [-0.3, -0.25) is 0 Å². The molecule has 0 atom stereocenters. The van der Waals surface area contributed by atoms with E-state index in [0.29, 0.717) is 28.6 Å². The fourth-order valence-corrected chi connectivity index (χ4v) is 3.61. The molecular formula is C20H20F3N5OS. The third-order valence-electron chi connectivity index (χ3n) is 4.31. The molecule has 30 heavy (non-hydrogen) atoms. The second-order valence-corrected chi connectivity index (χ2v) is 8.44. The van der Waals surface area contributed by atoms with Gasteiger partial charge in [0.2, 0.25) is 0 Å². The van der Waals surface area contributed by atoms with Crippen molar-refractivity contribution < 1.29 is 17.9 Å². The van der Waals surface area contributed by atoms with Gasteiger partial charge in [0.05, 0.1) is 11.3 Å². The minimum atomic E-state index is -4.50. The van der Waals surface area contributed by atoms with Crippen LogP contribution in [0.5, 0.6) is 5.75 Å². The predicted molar refractivity (Wildman–Crippen MR) is 108 cm³/mol. The number of imidazole rings is 1. The van der Waals surface area contributed by atoms with Gasteiger partial charge in [0.25, 0.3) is 0 Å². The van der Waals surface area contributed by atoms with E-state index in [0.717, 1.165) is 22.9 Å². The summed E-state index contributed by atoms with van der Waals surface area (Å²) in [6, 6.07) is 4.86. The van der Waals surface area contributed by atoms with Gasteiger partial charge in [0.15, 0.2) is 17.1 Å². The van der Waals surface area contributed by atoms with Gasteiger partial charge < -0.3 is 9.30 Å². The Morgan fingerprint density at radius 3 is 2.53 bits per heavy atom. The number of thioether (sulfide) groups is 1. The number of rotatable bonds is 5. The van der Waals surface area contributed by atoms with Gasteiger partial charge in [0, 0.05) is 18.1 Å². The number of alkyl halides is 3. The maximum atomic E-state index is 13.0. The second-order valence-electron chi connectivity index (χ2n) is 7.13. The fraction of sp³-hybridized carbons (Fsp3) is 0.400. The standard InChI is InChI=1S/C20H20F3N5OS/c1-6-30-15-8-14(29-19(3,4)10-24)11(2)26-16(15)18-27-13-7-12(20(21,22)23)9-25-17(13)28(18)5/h7-9H,6H2,1-5H3. The van der Waals surface area contributed by atoms with Crippen LogP contribution < -0.4 is 4.74 Å². The molecule has 0 saturated heterocycles. The zero-order valence-electron chi connectivity index (χ0n) is 17.1. The number of pyridine rings is 2. The summed E-state index contributed by atoms with van der Waals surface area (Å²) in [5, 5.41) is 9.25. The van der Waals surface area contributed by atoms with Crippen LogP contribution in [-0.4, -0.2) is 30.9 Å². The van der Waals surface area contributed by atoms with Crippen LogP contribution in [0.2, 0.25) is 0 Å². The van der Waals surface area contributed by atoms with Crippen molar-refractivity contribution in [3.8, 4) is 23.3 Å². The van der Waals surface area contributed by atoms with Crippen molar-refractivity contribution >= 4 is 22.9 Å². The van der Waals surface area contributed by atoms with Crippen LogP contribution in [0.15, 0.2) is 23.2 Å². The topological polar surface area (TPSA) is 76.6 Å². The molecule has 0 aliphatic rings. The van der Waals surface area contributed by atoms with E-state index in [4.69, 9.17) is 4.74 Å². The summed E-state index contributed by atoms with van der Waals surface area (Å²) in [7, 11) is 1.69. The Morgan fingerprint density at radius 1 is 1.23 bits per heavy atom. The molecule has 0 unspecified atom stereocenters. The van der Waals surface area contributed by atoms with Gasteiger partial charge in [-0.25, -0.2) is 15.0 Å². The van der Waals surface area contributed by atoms with Crippen molar-refractivity contribution in [1.82, 2.24) is 19.5 Å². The molecule has 0 amide bonds. The lowest BCUT2D eigenvalue weighted by Gasteiger charge is -2.21. The van der Waals surface area contributed by atoms with E-state index in [9.17, 15) is 18.4 Å². The number of aromatic nitrogens is 4. The van der Waals surface area contributed by atoms with Crippen LogP contribution in [0.1, 0.15) is 32.0 Å². The SMILES string of the molecule is CCSc1cc(OC(C)(C)C#N)c(C)nc1-c1nc2cc(C(F)(F)F)cnc2n1C. The maximum absolute atomic E-state index is 13.0. The summed E-state index contributed by atoms with van der Waals surface area (Å²) in [6.07, 6.45) is -3.70. The summed E-state index contributed by atoms with van der Waals surface area (Å²) < 4.78 is 46.6. The van der Waals surface area contributed by atoms with E-state index in [1.54, 1.807) is 38.5 Å². The molecule has 0 bridgehead atoms. The van der Waals surface area contributed by atoms with Crippen LogP contribution in [-0.2, 0) is 13.2 Å². The highest BCUT2D eigenvalue weighted by molar-refractivity contribution is 7.99. The highest BCUT2D eigenvalue weighted by atomic mass is 32.2. The Labute approximate surface area is 176 Å². The minimum absolute atomic E-state index is 0.139. The molecule has 0 aliphatic heterocycles. The van der Waals surface area contributed by atoms with E-state index >= 15 is 0 Å². The van der Waals surface area contributed by atoms with Gasteiger partial charge in [-0.1, -0.05) is 6.92 Å². The Hall–Kier alpha value is -2.80. The fourth-order valence-electron chi connectivity index (χ4n) is 2.84. The van der Waals surface area contributed by atoms with Crippen LogP contribution in [0.3, 0.4) is 0 Å². The van der Waals surface area contributed by atoms with Crippen molar-refractivity contribution in [1.29, 1.82) is 5.26 Å². The lowest BCUT2D eigenvalue weighted by molar-refractivity contribution is -0.137. The van der Waals surface area contributed by atoms with Crippen LogP contribution in [0.25, 0.3) is 22.7 Å². The largest absolute Gasteiger partial charge is 0.471 e. The molecule has 0 fully saturated rings. The second kappa shape index (κ2) is 7.80. The number of hydrogen-bond acceptors (Lipinski definition) is 6. The Kier molecular flexibility index (Phi) is 5.69. The zero-order chi connectivity index (χ0) is 22.3. The van der Waals surface area contributed by atoms with Crippen LogP contribution in [0, 0.1) is 18.3 Å². The summed E-state index contributed by atoms with van der Waals surface area (Å²) in [6.45, 7) is 7.03. The zero-order valence-corrected chi connectivity index (χ0v) is 17.9. The number of ether oxygens (including phenoxy) is 1. The molecular weight excluding hydrogens is 415 g/mol. The van der Waals surface area contributed by atoms with Crippen molar-refractivity contribution in [2.45, 2.75) is 44.4 Å². The number of nitrogens with zero attached hydrogens (tertiary/aromatic N) is 5. The van der Waals surface area contributed by atoms with Crippen LogP contribution >= 0.6 is 11.8 Å². The summed E-state index contributed by atoms with van der Waals surface area (Å²) in [5.74, 6) is 1.61. The average molecular weight is 435 g/mol. The first-order chi connectivity index (χ1) is 14.0. The first kappa shape index (κ1) is 21.9. The van der Waals surface area contributed by atoms with E-state index in [1.165, 1.54) is 11.8 Å². The molecule has 10 heteroatoms. The van der Waals surface area contributed by atoms with Crippen molar-refractivity contribution in [2.75, 3.05) is 5.75 Å². The van der Waals surface area contributed by atoms with E-state index < -0.39 is 17.3 Å². The third kappa shape index (κ3) is 4.21. The molecule has 0 aliphatic carbocycles. The van der Waals surface area contributed by atoms with Crippen molar-refractivity contribution in [3.63, 3.8) is 0 Å². The Balaban J connectivity index is 2.17. The maximum Gasteiger partial charge on any atom is 0.417 e. The smallest absolute Gasteiger partial charge is 0.417 e. The normalized spacial score (nSPS) is 12.2. The molecule has 6 nitrogen and oxygen atoms in total. The Morgan fingerprint density at radius 2 is 1.93 bits per heavy atom. The third-order valence-corrected chi connectivity index (χ3v) is 5.22. The first-order valence-corrected chi connectivity index (χ1v) is 10.1. The van der Waals surface area contributed by atoms with Crippen molar-refractivity contribution in [2.24, 2.45) is 7.05 Å². The molecule has 0 saturated carbocycles. The molecule has 0 radical (unpaired) electrons. The van der Waals surface area contributed by atoms with E-state index in [2.05, 4.69) is 21.0 Å². The van der Waals surface area contributed by atoms with Gasteiger partial charge in [-0.2, -0.15) is 18.4 Å². The van der Waals surface area contributed by atoms with Crippen molar-refractivity contribution in [3.05, 3.63) is 29.6 Å². The number of aryl methyl sites for hydroxylation is 2. The van der Waals surface area contributed by atoms with E-state index in [-0.39, 0.29) is 5.52 Å². The molecule has 0 N–H and O–H groups in total. The molecule has 158 valence electrons. The molecule has 3 aromatic heterocycles. The number of halogens is 3. The van der Waals surface area contributed by atoms with Gasteiger partial charge in [-0.15, -0.1) is 11.8 Å². The van der Waals surface area contributed by atoms with Gasteiger partial charge in [0.1, 0.15) is 23.0 Å². The molecule has 0 spiro atoms. The monoisotopic (exact) mass is 435 g/mol. The number of nitriles is 1. The first-order valence-electron chi connectivity index (χ1n) is 9.11. The molecule has 3 heterocycles. The van der Waals surface area contributed by atoms with E-state index in [1.807, 2.05) is 6.92 Å².